The Morgan fingerprint density at radius 3 is 2.67 bits per heavy atom. The lowest BCUT2D eigenvalue weighted by atomic mass is 9.82. The second kappa shape index (κ2) is 5.73. The Morgan fingerprint density at radius 2 is 2.00 bits per heavy atom. The molecular weight excluding hydrogens is 314 g/mol. The van der Waals surface area contributed by atoms with Crippen molar-refractivity contribution in [2.24, 2.45) is 0 Å². The van der Waals surface area contributed by atoms with Crippen molar-refractivity contribution in [2.75, 3.05) is 12.4 Å². The van der Waals surface area contributed by atoms with E-state index in [1.807, 2.05) is 0 Å². The molecule has 0 saturated heterocycles. The van der Waals surface area contributed by atoms with Gasteiger partial charge in [0, 0.05) is 5.70 Å². The Balaban J connectivity index is 2.34. The van der Waals surface area contributed by atoms with Crippen molar-refractivity contribution in [1.82, 2.24) is 9.97 Å². The molecule has 1 unspecified atom stereocenters. The van der Waals surface area contributed by atoms with Crippen LogP contribution in [-0.2, 0) is 9.53 Å². The first kappa shape index (κ1) is 15.6. The highest BCUT2D eigenvalue weighted by atomic mass is 16.5. The minimum Gasteiger partial charge on any atom is -0.508 e. The summed E-state index contributed by atoms with van der Waals surface area (Å²) in [7, 11) is 1.24. The van der Waals surface area contributed by atoms with E-state index in [9.17, 15) is 19.5 Å². The van der Waals surface area contributed by atoms with Gasteiger partial charge in [-0.3, -0.25) is 14.8 Å². The molecule has 2 aromatic rings. The predicted molar refractivity (Wildman–Crippen MR) is 86.0 cm³/mol. The van der Waals surface area contributed by atoms with Crippen molar-refractivity contribution in [1.29, 1.82) is 0 Å². The summed E-state index contributed by atoms with van der Waals surface area (Å²) in [4.78, 5) is 40.9. The smallest absolute Gasteiger partial charge is 0.336 e. The van der Waals surface area contributed by atoms with E-state index in [0.29, 0.717) is 11.3 Å². The summed E-state index contributed by atoms with van der Waals surface area (Å²) in [6.45, 7) is 1.64. The Hall–Kier alpha value is -3.29. The van der Waals surface area contributed by atoms with E-state index in [0.717, 1.165) is 0 Å². The summed E-state index contributed by atoms with van der Waals surface area (Å²) in [6, 6.07) is 6.23. The van der Waals surface area contributed by atoms with Crippen LogP contribution in [0.2, 0.25) is 0 Å². The van der Waals surface area contributed by atoms with Gasteiger partial charge in [0.15, 0.2) is 0 Å². The summed E-state index contributed by atoms with van der Waals surface area (Å²) in [6.07, 6.45) is 0. The number of hydrogen-bond acceptors (Lipinski definition) is 6. The third kappa shape index (κ3) is 2.47. The molecule has 24 heavy (non-hydrogen) atoms. The number of phenolic OH excluding ortho intramolecular Hbond substituents is 1. The maximum Gasteiger partial charge on any atom is 0.336 e. The third-order valence-electron chi connectivity index (χ3n) is 3.88. The lowest BCUT2D eigenvalue weighted by Crippen LogP contribution is -2.34. The molecule has 1 aliphatic heterocycles. The van der Waals surface area contributed by atoms with Gasteiger partial charge in [-0.15, -0.1) is 0 Å². The van der Waals surface area contributed by atoms with E-state index in [4.69, 9.17) is 4.74 Å². The van der Waals surface area contributed by atoms with Crippen LogP contribution >= 0.6 is 0 Å². The number of carbonyl (C=O) groups is 1. The Bertz CT molecular complexity index is 970. The molecule has 0 amide bonds. The van der Waals surface area contributed by atoms with Gasteiger partial charge in [-0.25, -0.2) is 9.59 Å². The minimum absolute atomic E-state index is 0.00435. The zero-order chi connectivity index (χ0) is 17.4. The average Bonchev–Trinajstić information content (AvgIpc) is 2.52. The van der Waals surface area contributed by atoms with Gasteiger partial charge < -0.3 is 15.2 Å². The van der Waals surface area contributed by atoms with Gasteiger partial charge >= 0.3 is 11.7 Å². The van der Waals surface area contributed by atoms with Crippen molar-refractivity contribution in [3.8, 4) is 5.75 Å². The van der Waals surface area contributed by atoms with E-state index in [1.54, 1.807) is 19.1 Å². The molecule has 4 N–H and O–H groups in total. The summed E-state index contributed by atoms with van der Waals surface area (Å²) >= 11 is 0. The first-order valence-corrected chi connectivity index (χ1v) is 7.14. The van der Waals surface area contributed by atoms with Crippen LogP contribution in [-0.4, -0.2) is 28.2 Å². The Labute approximate surface area is 135 Å². The third-order valence-corrected chi connectivity index (χ3v) is 3.88. The maximum atomic E-state index is 12.4. The fourth-order valence-corrected chi connectivity index (χ4v) is 2.90. The van der Waals surface area contributed by atoms with Crippen molar-refractivity contribution in [3.05, 3.63) is 67.5 Å². The fourth-order valence-electron chi connectivity index (χ4n) is 2.90. The number of methoxy groups -OCH3 is 1. The molecule has 1 aliphatic rings. The van der Waals surface area contributed by atoms with Crippen molar-refractivity contribution >= 4 is 11.8 Å². The number of aromatic amines is 2. The van der Waals surface area contributed by atoms with Crippen LogP contribution in [0, 0.1) is 0 Å². The van der Waals surface area contributed by atoms with E-state index in [2.05, 4.69) is 15.3 Å². The first-order chi connectivity index (χ1) is 11.4. The summed E-state index contributed by atoms with van der Waals surface area (Å²) < 4.78 is 4.84. The number of carbonyl (C=O) groups excluding carboxylic acids is 1. The second-order valence-electron chi connectivity index (χ2n) is 5.38. The molecule has 1 atom stereocenters. The molecule has 0 spiro atoms. The SMILES string of the molecule is COC(=O)C1=C(C)Nc2[nH]c(=O)[nH]c(=O)c2C1c1cccc(O)c1. The quantitative estimate of drug-likeness (QED) is 0.603. The van der Waals surface area contributed by atoms with Gasteiger partial charge in [-0.05, 0) is 24.6 Å². The molecule has 0 radical (unpaired) electrons. The summed E-state index contributed by atoms with van der Waals surface area (Å²) in [5.41, 5.74) is 0.0945. The summed E-state index contributed by atoms with van der Waals surface area (Å²) in [5.74, 6) is -1.19. The molecule has 124 valence electrons. The van der Waals surface area contributed by atoms with Crippen molar-refractivity contribution in [2.45, 2.75) is 12.8 Å². The van der Waals surface area contributed by atoms with E-state index >= 15 is 0 Å². The molecule has 1 aromatic heterocycles. The second-order valence-corrected chi connectivity index (χ2v) is 5.38. The van der Waals surface area contributed by atoms with Gasteiger partial charge in [0.05, 0.1) is 24.2 Å². The Kier molecular flexibility index (Phi) is 3.72. The molecule has 2 heterocycles. The molecule has 0 saturated carbocycles. The van der Waals surface area contributed by atoms with E-state index in [-0.39, 0.29) is 22.7 Å². The highest BCUT2D eigenvalue weighted by Gasteiger charge is 2.35. The number of nitrogens with one attached hydrogen (secondary N) is 3. The lowest BCUT2D eigenvalue weighted by Gasteiger charge is -2.28. The zero-order valence-electron chi connectivity index (χ0n) is 13.0. The van der Waals surface area contributed by atoms with Gasteiger partial charge in [0.1, 0.15) is 11.6 Å². The highest BCUT2D eigenvalue weighted by Crippen LogP contribution is 2.39. The molecule has 0 fully saturated rings. The molecule has 8 heteroatoms. The number of phenols is 1. The maximum absolute atomic E-state index is 12.4. The van der Waals surface area contributed by atoms with Gasteiger partial charge in [-0.2, -0.15) is 0 Å². The van der Waals surface area contributed by atoms with Gasteiger partial charge in [0.2, 0.25) is 0 Å². The van der Waals surface area contributed by atoms with Crippen LogP contribution in [0.3, 0.4) is 0 Å². The number of rotatable bonds is 2. The number of aromatic nitrogens is 2. The van der Waals surface area contributed by atoms with E-state index < -0.39 is 23.1 Å². The molecule has 3 rings (SSSR count). The largest absolute Gasteiger partial charge is 0.508 e. The molecular formula is C16H15N3O5. The highest BCUT2D eigenvalue weighted by molar-refractivity contribution is 5.94. The Morgan fingerprint density at radius 1 is 1.25 bits per heavy atom. The van der Waals surface area contributed by atoms with Crippen molar-refractivity contribution < 1.29 is 14.6 Å². The summed E-state index contributed by atoms with van der Waals surface area (Å²) in [5, 5.41) is 12.6. The fraction of sp³-hybridized carbons (Fsp3) is 0.188. The van der Waals surface area contributed by atoms with Crippen molar-refractivity contribution in [3.63, 3.8) is 0 Å². The number of hydrogen-bond donors (Lipinski definition) is 4. The monoisotopic (exact) mass is 329 g/mol. The number of H-pyrrole nitrogens is 2. The zero-order valence-corrected chi connectivity index (χ0v) is 13.0. The molecule has 0 bridgehead atoms. The van der Waals surface area contributed by atoms with Crippen LogP contribution in [0.25, 0.3) is 0 Å². The standard InChI is InChI=1S/C16H15N3O5/c1-7-10(15(22)24-2)11(8-4-3-5-9(20)6-8)12-13(17-7)18-16(23)19-14(12)21/h3-6,11,20H,1-2H3,(H3,17,18,19,21,23). The van der Waals surface area contributed by atoms with E-state index in [1.165, 1.54) is 19.2 Å². The molecule has 0 aliphatic carbocycles. The number of allylic oxidation sites excluding steroid dienone is 1. The molecule has 1 aromatic carbocycles. The average molecular weight is 329 g/mol. The first-order valence-electron chi connectivity index (χ1n) is 7.14. The van der Waals surface area contributed by atoms with Crippen LogP contribution in [0.4, 0.5) is 5.82 Å². The number of benzene rings is 1. The molecule has 8 nitrogen and oxygen atoms in total. The number of aromatic hydroxyl groups is 1. The minimum atomic E-state index is -0.790. The lowest BCUT2D eigenvalue weighted by molar-refractivity contribution is -0.136. The van der Waals surface area contributed by atoms with Crippen LogP contribution in [0.1, 0.15) is 24.0 Å². The normalized spacial score (nSPS) is 16.3. The number of fused-ring (bicyclic) bond motifs is 1. The number of ether oxygens (including phenoxy) is 1. The predicted octanol–water partition coefficient (Wildman–Crippen LogP) is 0.773. The number of anilines is 1. The topological polar surface area (TPSA) is 124 Å². The van der Waals surface area contributed by atoms with Gasteiger partial charge in [0.25, 0.3) is 5.56 Å². The van der Waals surface area contributed by atoms with Crippen LogP contribution in [0.15, 0.2) is 45.1 Å². The van der Waals surface area contributed by atoms with Gasteiger partial charge in [-0.1, -0.05) is 12.1 Å². The number of esters is 1. The van der Waals surface area contributed by atoms with Crippen LogP contribution in [0.5, 0.6) is 5.75 Å². The van der Waals surface area contributed by atoms with Crippen LogP contribution < -0.4 is 16.6 Å².